The number of ether oxygens (including phenoxy) is 1. The molecule has 1 aromatic rings. The van der Waals surface area contributed by atoms with Crippen molar-refractivity contribution in [2.24, 2.45) is 0 Å². The van der Waals surface area contributed by atoms with Crippen LogP contribution in [0.15, 0.2) is 18.2 Å². The van der Waals surface area contributed by atoms with Gasteiger partial charge in [0.25, 0.3) is 0 Å². The molecule has 0 saturated carbocycles. The van der Waals surface area contributed by atoms with Crippen LogP contribution in [-0.2, 0) is 26.2 Å². The van der Waals surface area contributed by atoms with Gasteiger partial charge in [-0.25, -0.2) is 0 Å². The SMILES string of the molecule is COC(=O)C1(C=O)CCCc2cc(Cl)ccc21. The zero-order chi connectivity index (χ0) is 12.5. The Bertz CT molecular complexity index is 470. The molecular weight excluding hydrogens is 240 g/mol. The summed E-state index contributed by atoms with van der Waals surface area (Å²) in [6.45, 7) is 0. The van der Waals surface area contributed by atoms with E-state index >= 15 is 0 Å². The van der Waals surface area contributed by atoms with E-state index in [1.54, 1.807) is 12.1 Å². The molecule has 0 bridgehead atoms. The van der Waals surface area contributed by atoms with Gasteiger partial charge in [0.05, 0.1) is 7.11 Å². The molecule has 3 nitrogen and oxygen atoms in total. The van der Waals surface area contributed by atoms with Gasteiger partial charge in [-0.1, -0.05) is 17.7 Å². The van der Waals surface area contributed by atoms with Crippen LogP contribution in [0.3, 0.4) is 0 Å². The minimum Gasteiger partial charge on any atom is -0.468 e. The molecule has 17 heavy (non-hydrogen) atoms. The molecule has 1 unspecified atom stereocenters. The second-order valence-electron chi connectivity index (χ2n) is 4.24. The van der Waals surface area contributed by atoms with E-state index in [0.29, 0.717) is 17.7 Å². The molecule has 0 radical (unpaired) electrons. The number of aldehydes is 1. The lowest BCUT2D eigenvalue weighted by atomic mass is 9.71. The van der Waals surface area contributed by atoms with E-state index in [-0.39, 0.29) is 0 Å². The number of methoxy groups -OCH3 is 1. The molecule has 2 rings (SSSR count). The third-order valence-corrected chi connectivity index (χ3v) is 3.55. The number of aryl methyl sites for hydroxylation is 1. The largest absolute Gasteiger partial charge is 0.468 e. The second kappa shape index (κ2) is 4.49. The summed E-state index contributed by atoms with van der Waals surface area (Å²) < 4.78 is 4.77. The summed E-state index contributed by atoms with van der Waals surface area (Å²) in [6, 6.07) is 5.27. The number of hydrogen-bond acceptors (Lipinski definition) is 3. The van der Waals surface area contributed by atoms with Crippen molar-refractivity contribution in [3.05, 3.63) is 34.3 Å². The first-order valence-corrected chi connectivity index (χ1v) is 5.85. The predicted molar refractivity (Wildman–Crippen MR) is 64.1 cm³/mol. The molecule has 1 aromatic carbocycles. The Morgan fingerprint density at radius 1 is 1.53 bits per heavy atom. The van der Waals surface area contributed by atoms with Gasteiger partial charge in [-0.05, 0) is 42.5 Å². The van der Waals surface area contributed by atoms with Crippen LogP contribution in [0.2, 0.25) is 5.02 Å². The van der Waals surface area contributed by atoms with E-state index in [4.69, 9.17) is 16.3 Å². The normalized spacial score (nSPS) is 22.7. The van der Waals surface area contributed by atoms with Crippen LogP contribution in [0.4, 0.5) is 0 Å². The molecule has 1 aliphatic carbocycles. The number of fused-ring (bicyclic) bond motifs is 1. The lowest BCUT2D eigenvalue weighted by Gasteiger charge is -2.31. The van der Waals surface area contributed by atoms with E-state index in [9.17, 15) is 9.59 Å². The van der Waals surface area contributed by atoms with Gasteiger partial charge in [-0.3, -0.25) is 4.79 Å². The minimum atomic E-state index is -1.15. The zero-order valence-corrected chi connectivity index (χ0v) is 10.3. The lowest BCUT2D eigenvalue weighted by molar-refractivity contribution is -0.150. The molecule has 4 heteroatoms. The zero-order valence-electron chi connectivity index (χ0n) is 9.53. The van der Waals surface area contributed by atoms with E-state index in [1.807, 2.05) is 6.07 Å². The standard InChI is InChI=1S/C13H13ClO3/c1-17-12(16)13(8-15)6-2-3-9-7-10(14)4-5-11(9)13/h4-5,7-8H,2-3,6H2,1H3. The van der Waals surface area contributed by atoms with Crippen LogP contribution in [0.25, 0.3) is 0 Å². The summed E-state index contributed by atoms with van der Waals surface area (Å²) in [5.74, 6) is -0.490. The molecule has 0 spiro atoms. The van der Waals surface area contributed by atoms with Crippen molar-refractivity contribution in [3.8, 4) is 0 Å². The molecule has 0 fully saturated rings. The Balaban J connectivity index is 2.59. The maximum Gasteiger partial charge on any atom is 0.323 e. The van der Waals surface area contributed by atoms with E-state index < -0.39 is 11.4 Å². The predicted octanol–water partition coefficient (Wildman–Crippen LogP) is 2.29. The third kappa shape index (κ3) is 1.84. The smallest absolute Gasteiger partial charge is 0.323 e. The summed E-state index contributed by atoms with van der Waals surface area (Å²) in [7, 11) is 1.30. The highest BCUT2D eigenvalue weighted by Crippen LogP contribution is 2.38. The number of carbonyl (C=O) groups excluding carboxylic acids is 2. The van der Waals surface area contributed by atoms with Crippen molar-refractivity contribution >= 4 is 23.9 Å². The maximum atomic E-state index is 11.9. The maximum absolute atomic E-state index is 11.9. The van der Waals surface area contributed by atoms with E-state index in [0.717, 1.165) is 24.0 Å². The van der Waals surface area contributed by atoms with Crippen LogP contribution in [0.1, 0.15) is 24.0 Å². The highest BCUT2D eigenvalue weighted by atomic mass is 35.5. The van der Waals surface area contributed by atoms with Crippen molar-refractivity contribution < 1.29 is 14.3 Å². The van der Waals surface area contributed by atoms with Crippen molar-refractivity contribution in [1.82, 2.24) is 0 Å². The molecular formula is C13H13ClO3. The van der Waals surface area contributed by atoms with Gasteiger partial charge < -0.3 is 9.53 Å². The number of rotatable bonds is 2. The Morgan fingerprint density at radius 3 is 2.94 bits per heavy atom. The van der Waals surface area contributed by atoms with Gasteiger partial charge in [0.15, 0.2) is 0 Å². The fourth-order valence-electron chi connectivity index (χ4n) is 2.46. The minimum absolute atomic E-state index is 0.490. The first-order valence-electron chi connectivity index (χ1n) is 5.47. The van der Waals surface area contributed by atoms with Crippen molar-refractivity contribution in [1.29, 1.82) is 0 Å². The van der Waals surface area contributed by atoms with Crippen LogP contribution in [0, 0.1) is 0 Å². The summed E-state index contributed by atoms with van der Waals surface area (Å²) in [5.41, 5.74) is 0.545. The Kier molecular flexibility index (Phi) is 3.20. The summed E-state index contributed by atoms with van der Waals surface area (Å²) in [6.07, 6.45) is 2.81. The van der Waals surface area contributed by atoms with Crippen molar-refractivity contribution in [2.45, 2.75) is 24.7 Å². The number of halogens is 1. The monoisotopic (exact) mass is 252 g/mol. The molecule has 1 atom stereocenters. The summed E-state index contributed by atoms with van der Waals surface area (Å²) in [4.78, 5) is 23.3. The third-order valence-electron chi connectivity index (χ3n) is 3.32. The second-order valence-corrected chi connectivity index (χ2v) is 4.67. The summed E-state index contributed by atoms with van der Waals surface area (Å²) >= 11 is 5.92. The van der Waals surface area contributed by atoms with Gasteiger partial charge in [0.2, 0.25) is 0 Å². The molecule has 0 aromatic heterocycles. The molecule has 90 valence electrons. The van der Waals surface area contributed by atoms with Crippen LogP contribution < -0.4 is 0 Å². The molecule has 0 amide bonds. The molecule has 0 N–H and O–H groups in total. The van der Waals surface area contributed by atoms with Crippen LogP contribution >= 0.6 is 11.6 Å². The number of esters is 1. The van der Waals surface area contributed by atoms with Crippen molar-refractivity contribution in [2.75, 3.05) is 7.11 Å². The Labute approximate surface area is 105 Å². The van der Waals surface area contributed by atoms with Gasteiger partial charge >= 0.3 is 5.97 Å². The average molecular weight is 253 g/mol. The topological polar surface area (TPSA) is 43.4 Å². The fourth-order valence-corrected chi connectivity index (χ4v) is 2.66. The molecule has 0 heterocycles. The average Bonchev–Trinajstić information content (AvgIpc) is 2.36. The quantitative estimate of drug-likeness (QED) is 0.461. The Hall–Kier alpha value is -1.35. The Morgan fingerprint density at radius 2 is 2.29 bits per heavy atom. The highest BCUT2D eigenvalue weighted by molar-refractivity contribution is 6.30. The lowest BCUT2D eigenvalue weighted by Crippen LogP contribution is -2.41. The number of carbonyl (C=O) groups is 2. The number of benzene rings is 1. The molecule has 0 aliphatic heterocycles. The molecule has 1 aliphatic rings. The van der Waals surface area contributed by atoms with Gasteiger partial charge in [0, 0.05) is 5.02 Å². The van der Waals surface area contributed by atoms with E-state index in [1.165, 1.54) is 7.11 Å². The first kappa shape index (κ1) is 12.1. The van der Waals surface area contributed by atoms with E-state index in [2.05, 4.69) is 0 Å². The highest BCUT2D eigenvalue weighted by Gasteiger charge is 2.44. The first-order chi connectivity index (χ1) is 8.14. The van der Waals surface area contributed by atoms with Gasteiger partial charge in [-0.2, -0.15) is 0 Å². The van der Waals surface area contributed by atoms with Crippen LogP contribution in [0.5, 0.6) is 0 Å². The van der Waals surface area contributed by atoms with Crippen LogP contribution in [-0.4, -0.2) is 19.4 Å². The summed E-state index contributed by atoms with van der Waals surface area (Å²) in [5, 5.41) is 0.621. The van der Waals surface area contributed by atoms with Crippen molar-refractivity contribution in [3.63, 3.8) is 0 Å². The number of hydrogen-bond donors (Lipinski definition) is 0. The van der Waals surface area contributed by atoms with Gasteiger partial charge in [-0.15, -0.1) is 0 Å². The van der Waals surface area contributed by atoms with Gasteiger partial charge in [0.1, 0.15) is 11.7 Å². The molecule has 0 saturated heterocycles. The fraction of sp³-hybridized carbons (Fsp3) is 0.385.